The zero-order chi connectivity index (χ0) is 20.8. The highest BCUT2D eigenvalue weighted by molar-refractivity contribution is 5.86. The third-order valence-corrected chi connectivity index (χ3v) is 5.18. The summed E-state index contributed by atoms with van der Waals surface area (Å²) in [5, 5.41) is 0.876. The average molecular weight is 403 g/mol. The van der Waals surface area contributed by atoms with Crippen molar-refractivity contribution in [3.05, 3.63) is 69.1 Å². The first kappa shape index (κ1) is 19.4. The van der Waals surface area contributed by atoms with E-state index in [1.807, 2.05) is 24.8 Å². The van der Waals surface area contributed by atoms with Crippen LogP contribution in [0, 0.1) is 6.92 Å². The molecule has 1 aromatic heterocycles. The molecule has 0 N–H and O–H groups in total. The Morgan fingerprint density at radius 3 is 2.52 bits per heavy atom. The van der Waals surface area contributed by atoms with E-state index in [0.717, 1.165) is 47.1 Å². The molecule has 0 radical (unpaired) electrons. The van der Waals surface area contributed by atoms with Gasteiger partial charge in [0.05, 0.1) is 5.56 Å². The number of halogens is 3. The highest BCUT2D eigenvalue weighted by Gasteiger charge is 2.30. The van der Waals surface area contributed by atoms with Crippen molar-refractivity contribution in [3.63, 3.8) is 0 Å². The van der Waals surface area contributed by atoms with E-state index in [9.17, 15) is 18.0 Å². The number of nitrogens with zero attached hydrogens (tertiary/aromatic N) is 1. The Bertz CT molecular complexity index is 1120. The van der Waals surface area contributed by atoms with Crippen LogP contribution >= 0.6 is 0 Å². The van der Waals surface area contributed by atoms with Gasteiger partial charge in [0.15, 0.2) is 6.73 Å². The van der Waals surface area contributed by atoms with E-state index in [1.54, 1.807) is 0 Å². The van der Waals surface area contributed by atoms with Gasteiger partial charge in [0.1, 0.15) is 11.3 Å². The van der Waals surface area contributed by atoms with Crippen molar-refractivity contribution in [2.75, 3.05) is 11.6 Å². The van der Waals surface area contributed by atoms with E-state index in [2.05, 4.69) is 0 Å². The molecule has 0 amide bonds. The average Bonchev–Trinajstić information content (AvgIpc) is 2.68. The van der Waals surface area contributed by atoms with Crippen molar-refractivity contribution >= 4 is 16.7 Å². The Kier molecular flexibility index (Phi) is 4.76. The molecule has 0 atom stereocenters. The second-order valence-electron chi connectivity index (χ2n) is 7.22. The lowest BCUT2D eigenvalue weighted by molar-refractivity contribution is -0.137. The zero-order valence-electron chi connectivity index (χ0n) is 16.1. The van der Waals surface area contributed by atoms with Crippen molar-refractivity contribution in [2.45, 2.75) is 39.4 Å². The summed E-state index contributed by atoms with van der Waals surface area (Å²) < 4.78 is 49.8. The van der Waals surface area contributed by atoms with Gasteiger partial charge in [0.2, 0.25) is 0 Å². The molecule has 0 saturated heterocycles. The first-order valence-corrected chi connectivity index (χ1v) is 9.42. The standard InChI is InChI=1S/C22H20F3NO3/c1-3-4-14-10-19(27)29-21-13(2)20-15(9-18(14)21)11-26(12-28-20)17-7-5-16(6-8-17)22(23,24)25/h5-10H,3-4,11-12H2,1-2H3. The van der Waals surface area contributed by atoms with Gasteiger partial charge in [-0.25, -0.2) is 4.79 Å². The topological polar surface area (TPSA) is 42.7 Å². The van der Waals surface area contributed by atoms with Crippen molar-refractivity contribution in [2.24, 2.45) is 0 Å². The van der Waals surface area contributed by atoms with Gasteiger partial charge in [-0.3, -0.25) is 0 Å². The van der Waals surface area contributed by atoms with Crippen molar-refractivity contribution in [1.29, 1.82) is 0 Å². The summed E-state index contributed by atoms with van der Waals surface area (Å²) >= 11 is 0. The number of fused-ring (bicyclic) bond motifs is 2. The first-order chi connectivity index (χ1) is 13.8. The lowest BCUT2D eigenvalue weighted by Gasteiger charge is -2.32. The Hall–Kier alpha value is -2.96. The largest absolute Gasteiger partial charge is 0.472 e. The summed E-state index contributed by atoms with van der Waals surface area (Å²) in [7, 11) is 0. The van der Waals surface area contributed by atoms with E-state index in [4.69, 9.17) is 9.15 Å². The van der Waals surface area contributed by atoms with Crippen LogP contribution in [-0.2, 0) is 19.1 Å². The number of aryl methyl sites for hydroxylation is 2. The number of rotatable bonds is 3. The van der Waals surface area contributed by atoms with Gasteiger partial charge >= 0.3 is 11.8 Å². The maximum Gasteiger partial charge on any atom is 0.416 e. The van der Waals surface area contributed by atoms with E-state index in [1.165, 1.54) is 18.2 Å². The van der Waals surface area contributed by atoms with E-state index in [0.29, 0.717) is 23.6 Å². The molecular formula is C22H20F3NO3. The predicted octanol–water partition coefficient (Wildman–Crippen LogP) is 5.43. The molecule has 152 valence electrons. The maximum atomic E-state index is 12.8. The second kappa shape index (κ2) is 7.13. The number of alkyl halides is 3. The van der Waals surface area contributed by atoms with Crippen LogP contribution in [0.25, 0.3) is 11.0 Å². The molecule has 29 heavy (non-hydrogen) atoms. The Labute approximate surface area is 165 Å². The molecule has 0 spiro atoms. The fourth-order valence-corrected chi connectivity index (χ4v) is 3.79. The molecule has 3 aromatic rings. The summed E-state index contributed by atoms with van der Waals surface area (Å²) in [4.78, 5) is 13.8. The molecule has 2 heterocycles. The van der Waals surface area contributed by atoms with Crippen molar-refractivity contribution in [3.8, 4) is 5.75 Å². The number of anilines is 1. The minimum absolute atomic E-state index is 0.198. The van der Waals surface area contributed by atoms with Gasteiger partial charge in [-0.2, -0.15) is 13.2 Å². The fraction of sp³-hybridized carbons (Fsp3) is 0.318. The molecule has 7 heteroatoms. The van der Waals surface area contributed by atoms with Crippen LogP contribution in [0.1, 0.15) is 35.6 Å². The summed E-state index contributed by atoms with van der Waals surface area (Å²) in [5.41, 5.74) is 2.72. The van der Waals surface area contributed by atoms with Crippen LogP contribution in [-0.4, -0.2) is 6.73 Å². The molecule has 0 saturated carbocycles. The third kappa shape index (κ3) is 3.57. The SMILES string of the molecule is CCCc1cc(=O)oc2c(C)c3c(cc12)CN(c1ccc(C(F)(F)F)cc1)CO3. The molecule has 1 aliphatic heterocycles. The summed E-state index contributed by atoms with van der Waals surface area (Å²) in [6.45, 7) is 4.58. The van der Waals surface area contributed by atoms with Gasteiger partial charge in [0.25, 0.3) is 0 Å². The van der Waals surface area contributed by atoms with Crippen LogP contribution in [0.3, 0.4) is 0 Å². The molecule has 4 nitrogen and oxygen atoms in total. The number of hydrogen-bond donors (Lipinski definition) is 0. The molecule has 0 fully saturated rings. The Morgan fingerprint density at radius 1 is 1.14 bits per heavy atom. The van der Waals surface area contributed by atoms with E-state index >= 15 is 0 Å². The van der Waals surface area contributed by atoms with Gasteiger partial charge in [-0.05, 0) is 49.2 Å². The van der Waals surface area contributed by atoms with Crippen LogP contribution in [0.15, 0.2) is 45.6 Å². The summed E-state index contributed by atoms with van der Waals surface area (Å²) in [5.74, 6) is 0.664. The highest BCUT2D eigenvalue weighted by atomic mass is 19.4. The van der Waals surface area contributed by atoms with Crippen molar-refractivity contribution < 1.29 is 22.3 Å². The summed E-state index contributed by atoms with van der Waals surface area (Å²) in [6, 6.07) is 8.53. The quantitative estimate of drug-likeness (QED) is 0.547. The first-order valence-electron chi connectivity index (χ1n) is 9.42. The fourth-order valence-electron chi connectivity index (χ4n) is 3.79. The van der Waals surface area contributed by atoms with Crippen LogP contribution < -0.4 is 15.3 Å². The molecule has 4 rings (SSSR count). The highest BCUT2D eigenvalue weighted by Crippen LogP contribution is 2.37. The molecular weight excluding hydrogens is 383 g/mol. The minimum Gasteiger partial charge on any atom is -0.472 e. The molecule has 0 unspecified atom stereocenters. The van der Waals surface area contributed by atoms with Crippen LogP contribution in [0.5, 0.6) is 5.75 Å². The summed E-state index contributed by atoms with van der Waals surface area (Å²) in [6.07, 6.45) is -2.72. The van der Waals surface area contributed by atoms with E-state index in [-0.39, 0.29) is 12.4 Å². The molecule has 0 aliphatic carbocycles. The Balaban J connectivity index is 1.73. The molecule has 1 aliphatic rings. The second-order valence-corrected chi connectivity index (χ2v) is 7.22. The van der Waals surface area contributed by atoms with Crippen LogP contribution in [0.4, 0.5) is 18.9 Å². The lowest BCUT2D eigenvalue weighted by Crippen LogP contribution is -2.32. The maximum absolute atomic E-state index is 12.8. The molecule has 2 aromatic carbocycles. The lowest BCUT2D eigenvalue weighted by atomic mass is 9.98. The van der Waals surface area contributed by atoms with Gasteiger partial charge in [-0.1, -0.05) is 13.3 Å². The number of benzene rings is 2. The monoisotopic (exact) mass is 403 g/mol. The van der Waals surface area contributed by atoms with Gasteiger partial charge in [-0.15, -0.1) is 0 Å². The van der Waals surface area contributed by atoms with E-state index < -0.39 is 11.7 Å². The normalized spacial score (nSPS) is 14.0. The third-order valence-electron chi connectivity index (χ3n) is 5.18. The Morgan fingerprint density at radius 2 is 1.86 bits per heavy atom. The predicted molar refractivity (Wildman–Crippen MR) is 104 cm³/mol. The van der Waals surface area contributed by atoms with Gasteiger partial charge in [0, 0.05) is 34.8 Å². The zero-order valence-corrected chi connectivity index (χ0v) is 16.1. The number of ether oxygens (including phenoxy) is 1. The minimum atomic E-state index is -4.36. The smallest absolute Gasteiger partial charge is 0.416 e. The number of hydrogen-bond acceptors (Lipinski definition) is 4. The van der Waals surface area contributed by atoms with Crippen molar-refractivity contribution in [1.82, 2.24) is 0 Å². The van der Waals surface area contributed by atoms with Gasteiger partial charge < -0.3 is 14.1 Å². The van der Waals surface area contributed by atoms with Crippen LogP contribution in [0.2, 0.25) is 0 Å². The molecule has 0 bridgehead atoms.